The van der Waals surface area contributed by atoms with E-state index in [1.165, 1.54) is 37.9 Å². The maximum atomic E-state index is 12.3. The maximum absolute atomic E-state index is 12.3. The van der Waals surface area contributed by atoms with E-state index < -0.39 is 0 Å². The summed E-state index contributed by atoms with van der Waals surface area (Å²) < 4.78 is 0. The third-order valence-corrected chi connectivity index (χ3v) is 7.34. The van der Waals surface area contributed by atoms with Gasteiger partial charge >= 0.3 is 0 Å². The highest BCUT2D eigenvalue weighted by Crippen LogP contribution is 2.58. The molecule has 0 radical (unpaired) electrons. The number of nitrogens with one attached hydrogen (secondary N) is 2. The summed E-state index contributed by atoms with van der Waals surface area (Å²) in [6.07, 6.45) is 7.68. The second kappa shape index (κ2) is 6.67. The Hall–Kier alpha value is 0.0700. The third kappa shape index (κ3) is 3.09. The van der Waals surface area contributed by atoms with Crippen molar-refractivity contribution in [1.82, 2.24) is 10.6 Å². The van der Waals surface area contributed by atoms with Crippen molar-refractivity contribution >= 4 is 30.1 Å². The Morgan fingerprint density at radius 2 is 2.05 bits per heavy atom. The molecule has 3 aliphatic carbocycles. The van der Waals surface area contributed by atoms with Crippen molar-refractivity contribution in [2.24, 2.45) is 23.7 Å². The maximum Gasteiger partial charge on any atom is 0.221 e. The number of carbonyl (C=O) groups is 1. The van der Waals surface area contributed by atoms with Gasteiger partial charge < -0.3 is 10.6 Å². The monoisotopic (exact) mass is 330 g/mol. The molecule has 0 aromatic rings. The highest BCUT2D eigenvalue weighted by Gasteiger charge is 2.53. The minimum atomic E-state index is 0. The average Bonchev–Trinajstić information content (AvgIpc) is 3.11. The normalized spacial score (nSPS) is 44.2. The molecular weight excluding hydrogens is 304 g/mol. The van der Waals surface area contributed by atoms with E-state index in [0.717, 1.165) is 36.0 Å². The number of thioether (sulfide) groups is 1. The van der Waals surface area contributed by atoms with Crippen molar-refractivity contribution in [1.29, 1.82) is 0 Å². The van der Waals surface area contributed by atoms with Crippen LogP contribution in [0.3, 0.4) is 0 Å². The molecule has 2 bridgehead atoms. The number of halogens is 1. The molecule has 1 aliphatic heterocycles. The van der Waals surface area contributed by atoms with Gasteiger partial charge in [0.1, 0.15) is 0 Å². The van der Waals surface area contributed by atoms with Gasteiger partial charge in [-0.2, -0.15) is 11.8 Å². The number of hydrogen-bond acceptors (Lipinski definition) is 3. The first-order valence-corrected chi connectivity index (χ1v) is 9.57. The van der Waals surface area contributed by atoms with Gasteiger partial charge in [0, 0.05) is 36.6 Å². The van der Waals surface area contributed by atoms with Gasteiger partial charge in [-0.25, -0.2) is 0 Å². The predicted molar refractivity (Wildman–Crippen MR) is 90.0 cm³/mol. The van der Waals surface area contributed by atoms with Crippen LogP contribution in [0.25, 0.3) is 0 Å². The molecule has 3 nitrogen and oxygen atoms in total. The van der Waals surface area contributed by atoms with Crippen LogP contribution in [0, 0.1) is 23.7 Å². The van der Waals surface area contributed by atoms with Crippen molar-refractivity contribution < 1.29 is 4.79 Å². The molecule has 4 aliphatic rings. The highest BCUT2D eigenvalue weighted by atomic mass is 35.5. The zero-order chi connectivity index (χ0) is 13.5. The third-order valence-electron chi connectivity index (χ3n) is 6.21. The standard InChI is InChI=1S/C16H26N2OS.ClH/c19-16(8-11-9-20-5-4-17-11)18-15-7-10-6-14(15)13-3-1-2-12(10)13;/h10-15,17H,1-9H2,(H,18,19);1H. The molecule has 1 amide bonds. The van der Waals surface area contributed by atoms with Gasteiger partial charge in [-0.05, 0) is 49.4 Å². The predicted octanol–water partition coefficient (Wildman–Crippen LogP) is 2.44. The molecule has 6 atom stereocenters. The fourth-order valence-corrected chi connectivity index (χ4v) is 6.42. The first-order chi connectivity index (χ1) is 9.81. The lowest BCUT2D eigenvalue weighted by Gasteiger charge is -2.32. The summed E-state index contributed by atoms with van der Waals surface area (Å²) in [5.41, 5.74) is 0. The Labute approximate surface area is 138 Å². The molecule has 21 heavy (non-hydrogen) atoms. The van der Waals surface area contributed by atoms with Gasteiger partial charge in [0.15, 0.2) is 0 Å². The van der Waals surface area contributed by atoms with Crippen LogP contribution in [0.1, 0.15) is 38.5 Å². The number of hydrogen-bond donors (Lipinski definition) is 2. The van der Waals surface area contributed by atoms with E-state index in [9.17, 15) is 4.79 Å². The number of fused-ring (bicyclic) bond motifs is 5. The van der Waals surface area contributed by atoms with Gasteiger partial charge in [-0.15, -0.1) is 12.4 Å². The first kappa shape index (κ1) is 15.9. The molecule has 3 saturated carbocycles. The van der Waals surface area contributed by atoms with E-state index in [1.807, 2.05) is 11.8 Å². The topological polar surface area (TPSA) is 41.1 Å². The zero-order valence-electron chi connectivity index (χ0n) is 12.6. The molecule has 6 unspecified atom stereocenters. The Morgan fingerprint density at radius 3 is 2.86 bits per heavy atom. The van der Waals surface area contributed by atoms with Gasteiger partial charge in [-0.1, -0.05) is 6.42 Å². The van der Waals surface area contributed by atoms with Crippen LogP contribution in [-0.4, -0.2) is 36.0 Å². The first-order valence-electron chi connectivity index (χ1n) is 8.42. The van der Waals surface area contributed by atoms with Crippen molar-refractivity contribution in [3.05, 3.63) is 0 Å². The molecule has 4 fully saturated rings. The van der Waals surface area contributed by atoms with Crippen LogP contribution < -0.4 is 10.6 Å². The van der Waals surface area contributed by atoms with E-state index in [-0.39, 0.29) is 18.3 Å². The SMILES string of the molecule is Cl.O=C(CC1CSCCN1)NC1CC2CC1C1CCCC21. The molecule has 0 spiro atoms. The van der Waals surface area contributed by atoms with Crippen LogP contribution in [0.2, 0.25) is 0 Å². The van der Waals surface area contributed by atoms with Gasteiger partial charge in [-0.3, -0.25) is 4.79 Å². The fourth-order valence-electron chi connectivity index (χ4n) is 5.47. The number of carbonyl (C=O) groups excluding carboxylic acids is 1. The molecule has 2 N–H and O–H groups in total. The summed E-state index contributed by atoms with van der Waals surface area (Å²) in [5.74, 6) is 6.28. The minimum absolute atomic E-state index is 0. The molecule has 1 saturated heterocycles. The van der Waals surface area contributed by atoms with Crippen molar-refractivity contribution in [3.63, 3.8) is 0 Å². The number of rotatable bonds is 3. The largest absolute Gasteiger partial charge is 0.353 e. The second-order valence-electron chi connectivity index (χ2n) is 7.26. The van der Waals surface area contributed by atoms with Crippen LogP contribution >= 0.6 is 24.2 Å². The average molecular weight is 331 g/mol. The summed E-state index contributed by atoms with van der Waals surface area (Å²) in [6.45, 7) is 1.06. The lowest BCUT2D eigenvalue weighted by molar-refractivity contribution is -0.122. The van der Waals surface area contributed by atoms with E-state index >= 15 is 0 Å². The molecule has 120 valence electrons. The summed E-state index contributed by atoms with van der Waals surface area (Å²) in [5, 5.41) is 6.85. The summed E-state index contributed by atoms with van der Waals surface area (Å²) in [7, 11) is 0. The van der Waals surface area contributed by atoms with E-state index in [4.69, 9.17) is 0 Å². The minimum Gasteiger partial charge on any atom is -0.353 e. The van der Waals surface area contributed by atoms with Crippen LogP contribution in [0.5, 0.6) is 0 Å². The molecular formula is C16H27ClN2OS. The van der Waals surface area contributed by atoms with Crippen LogP contribution in [0.4, 0.5) is 0 Å². The van der Waals surface area contributed by atoms with E-state index in [2.05, 4.69) is 10.6 Å². The molecule has 0 aromatic heterocycles. The van der Waals surface area contributed by atoms with Crippen LogP contribution in [0.15, 0.2) is 0 Å². The van der Waals surface area contributed by atoms with E-state index in [1.54, 1.807) is 0 Å². The Balaban J connectivity index is 0.00000132. The van der Waals surface area contributed by atoms with Crippen molar-refractivity contribution in [3.8, 4) is 0 Å². The van der Waals surface area contributed by atoms with Gasteiger partial charge in [0.2, 0.25) is 5.91 Å². The fraction of sp³-hybridized carbons (Fsp3) is 0.938. The smallest absolute Gasteiger partial charge is 0.221 e. The Bertz CT molecular complexity index is 388. The van der Waals surface area contributed by atoms with E-state index in [0.29, 0.717) is 18.5 Å². The van der Waals surface area contributed by atoms with Crippen molar-refractivity contribution in [2.45, 2.75) is 50.6 Å². The lowest BCUT2D eigenvalue weighted by atomic mass is 9.79. The Morgan fingerprint density at radius 1 is 1.19 bits per heavy atom. The quantitative estimate of drug-likeness (QED) is 0.835. The molecule has 0 aromatic carbocycles. The van der Waals surface area contributed by atoms with Crippen LogP contribution in [-0.2, 0) is 4.79 Å². The summed E-state index contributed by atoms with van der Waals surface area (Å²) >= 11 is 1.97. The lowest BCUT2D eigenvalue weighted by Crippen LogP contribution is -2.46. The molecule has 4 rings (SSSR count). The second-order valence-corrected chi connectivity index (χ2v) is 8.41. The zero-order valence-corrected chi connectivity index (χ0v) is 14.2. The molecule has 5 heteroatoms. The van der Waals surface area contributed by atoms with Crippen molar-refractivity contribution in [2.75, 3.05) is 18.1 Å². The summed E-state index contributed by atoms with van der Waals surface area (Å²) in [4.78, 5) is 12.3. The van der Waals surface area contributed by atoms with Gasteiger partial charge in [0.05, 0.1) is 0 Å². The number of amides is 1. The highest BCUT2D eigenvalue weighted by molar-refractivity contribution is 7.99. The molecule has 1 heterocycles. The summed E-state index contributed by atoms with van der Waals surface area (Å²) in [6, 6.07) is 0.898. The van der Waals surface area contributed by atoms with Gasteiger partial charge in [0.25, 0.3) is 0 Å². The Kier molecular flexibility index (Phi) is 5.07.